The number of aromatic nitrogens is 2. The second-order valence-electron chi connectivity index (χ2n) is 8.12. The number of nitrogens with zero attached hydrogens (tertiary/aromatic N) is 3. The first-order chi connectivity index (χ1) is 12.1. The molecule has 0 bridgehead atoms. The number of nitrogens with one attached hydrogen (secondary N) is 1. The summed E-state index contributed by atoms with van der Waals surface area (Å²) < 4.78 is 5.50. The first-order valence-electron chi connectivity index (χ1n) is 9.54. The van der Waals surface area contributed by atoms with Crippen LogP contribution in [-0.4, -0.2) is 59.6 Å². The molecular formula is C20H30N4O. The zero-order chi connectivity index (χ0) is 17.6. The number of hydrogen-bond acceptors (Lipinski definition) is 4. The summed E-state index contributed by atoms with van der Waals surface area (Å²) in [5.41, 5.74) is 3.73. The van der Waals surface area contributed by atoms with Crippen LogP contribution in [0.2, 0.25) is 0 Å². The molecule has 136 valence electrons. The van der Waals surface area contributed by atoms with Crippen molar-refractivity contribution in [3.63, 3.8) is 0 Å². The lowest BCUT2D eigenvalue weighted by Crippen LogP contribution is -2.53. The fourth-order valence-electron chi connectivity index (χ4n) is 4.17. The van der Waals surface area contributed by atoms with Gasteiger partial charge in [0.2, 0.25) is 5.88 Å². The average molecular weight is 342 g/mol. The maximum absolute atomic E-state index is 5.50. The van der Waals surface area contributed by atoms with Gasteiger partial charge in [-0.05, 0) is 43.4 Å². The zero-order valence-corrected chi connectivity index (χ0v) is 15.9. The van der Waals surface area contributed by atoms with Gasteiger partial charge < -0.3 is 14.6 Å². The molecule has 2 aromatic heterocycles. The van der Waals surface area contributed by atoms with E-state index in [4.69, 9.17) is 4.74 Å². The Morgan fingerprint density at radius 3 is 2.80 bits per heavy atom. The van der Waals surface area contributed by atoms with Crippen LogP contribution in [0.4, 0.5) is 0 Å². The molecule has 0 spiro atoms. The first kappa shape index (κ1) is 16.9. The van der Waals surface area contributed by atoms with E-state index in [1.54, 1.807) is 7.11 Å². The topological polar surface area (TPSA) is 44.4 Å². The molecule has 25 heavy (non-hydrogen) atoms. The molecular weight excluding hydrogens is 312 g/mol. The molecule has 1 saturated carbocycles. The van der Waals surface area contributed by atoms with Gasteiger partial charge in [-0.15, -0.1) is 0 Å². The van der Waals surface area contributed by atoms with Gasteiger partial charge in [-0.2, -0.15) is 0 Å². The number of aromatic amines is 1. The second kappa shape index (κ2) is 6.61. The second-order valence-corrected chi connectivity index (χ2v) is 8.12. The van der Waals surface area contributed by atoms with Crippen molar-refractivity contribution >= 4 is 10.9 Å². The van der Waals surface area contributed by atoms with Crippen LogP contribution in [0, 0.1) is 5.92 Å². The van der Waals surface area contributed by atoms with Crippen molar-refractivity contribution in [2.24, 2.45) is 5.92 Å². The lowest BCUT2D eigenvalue weighted by Gasteiger charge is -2.42. The number of pyridine rings is 1. The van der Waals surface area contributed by atoms with Crippen LogP contribution in [0.3, 0.4) is 0 Å². The highest BCUT2D eigenvalue weighted by Gasteiger charge is 2.30. The highest BCUT2D eigenvalue weighted by Crippen LogP contribution is 2.44. The molecule has 1 aliphatic carbocycles. The molecule has 0 radical (unpaired) electrons. The molecule has 0 aromatic carbocycles. The number of hydrogen-bond donors (Lipinski definition) is 1. The first-order valence-corrected chi connectivity index (χ1v) is 9.54. The van der Waals surface area contributed by atoms with Crippen molar-refractivity contribution in [3.05, 3.63) is 23.5 Å². The maximum Gasteiger partial charge on any atom is 0.238 e. The van der Waals surface area contributed by atoms with Gasteiger partial charge in [0, 0.05) is 49.5 Å². The molecule has 2 aliphatic rings. The van der Waals surface area contributed by atoms with E-state index in [1.807, 2.05) is 6.20 Å². The maximum atomic E-state index is 5.50. The SMILES string of the molecule is COc1ncc(C2CC2)c2cc(CN3CCN(C)C[C@@H]3C(C)C)[nH]c12. The summed E-state index contributed by atoms with van der Waals surface area (Å²) in [4.78, 5) is 13.2. The van der Waals surface area contributed by atoms with E-state index in [0.29, 0.717) is 23.8 Å². The molecule has 5 nitrogen and oxygen atoms in total. The highest BCUT2D eigenvalue weighted by molar-refractivity contribution is 5.88. The van der Waals surface area contributed by atoms with Crippen molar-refractivity contribution in [3.8, 4) is 5.88 Å². The summed E-state index contributed by atoms with van der Waals surface area (Å²) in [6.45, 7) is 9.05. The summed E-state index contributed by atoms with van der Waals surface area (Å²) in [6, 6.07) is 2.94. The molecule has 1 N–H and O–H groups in total. The Balaban J connectivity index is 1.64. The lowest BCUT2D eigenvalue weighted by atomic mass is 9.99. The average Bonchev–Trinajstić information content (AvgIpc) is 3.34. The summed E-state index contributed by atoms with van der Waals surface area (Å²) in [5, 5.41) is 1.31. The van der Waals surface area contributed by atoms with Crippen LogP contribution in [-0.2, 0) is 6.54 Å². The van der Waals surface area contributed by atoms with Crippen molar-refractivity contribution < 1.29 is 4.74 Å². The van der Waals surface area contributed by atoms with Crippen molar-refractivity contribution in [1.29, 1.82) is 0 Å². The summed E-state index contributed by atoms with van der Waals surface area (Å²) in [5.74, 6) is 2.06. The largest absolute Gasteiger partial charge is 0.479 e. The van der Waals surface area contributed by atoms with E-state index >= 15 is 0 Å². The summed E-state index contributed by atoms with van der Waals surface area (Å²) in [7, 11) is 3.93. The predicted molar refractivity (Wildman–Crippen MR) is 101 cm³/mol. The molecule has 1 saturated heterocycles. The Morgan fingerprint density at radius 2 is 2.12 bits per heavy atom. The summed E-state index contributed by atoms with van der Waals surface area (Å²) in [6.07, 6.45) is 4.60. The normalized spacial score (nSPS) is 22.8. The van der Waals surface area contributed by atoms with Crippen LogP contribution in [0.5, 0.6) is 5.88 Å². The fraction of sp³-hybridized carbons (Fsp3) is 0.650. The molecule has 4 rings (SSSR count). The quantitative estimate of drug-likeness (QED) is 0.906. The number of piperazine rings is 1. The van der Waals surface area contributed by atoms with Crippen molar-refractivity contribution in [2.45, 2.75) is 45.2 Å². The van der Waals surface area contributed by atoms with E-state index in [0.717, 1.165) is 31.7 Å². The van der Waals surface area contributed by atoms with Gasteiger partial charge in [0.25, 0.3) is 0 Å². The Kier molecular flexibility index (Phi) is 4.46. The zero-order valence-electron chi connectivity index (χ0n) is 15.9. The van der Waals surface area contributed by atoms with E-state index in [9.17, 15) is 0 Å². The minimum absolute atomic E-state index is 0.605. The monoisotopic (exact) mass is 342 g/mol. The van der Waals surface area contributed by atoms with Crippen LogP contribution in [0.15, 0.2) is 12.3 Å². The van der Waals surface area contributed by atoms with Gasteiger partial charge in [-0.1, -0.05) is 13.8 Å². The number of H-pyrrole nitrogens is 1. The standard InChI is InChI=1S/C20H30N4O/c1-13(2)18-12-23(3)7-8-24(18)11-15-9-16-17(14-5-6-14)10-21-20(25-4)19(16)22-15/h9-10,13-14,18,22H,5-8,11-12H2,1-4H3/t18-/m1/s1. The van der Waals surface area contributed by atoms with Crippen molar-refractivity contribution in [1.82, 2.24) is 19.8 Å². The third-order valence-corrected chi connectivity index (χ3v) is 5.81. The number of fused-ring (bicyclic) bond motifs is 1. The number of methoxy groups -OCH3 is 1. The van der Waals surface area contributed by atoms with Gasteiger partial charge in [-0.25, -0.2) is 4.98 Å². The Morgan fingerprint density at radius 1 is 1.32 bits per heavy atom. The van der Waals surface area contributed by atoms with E-state index in [-0.39, 0.29) is 0 Å². The molecule has 2 fully saturated rings. The van der Waals surface area contributed by atoms with Crippen LogP contribution in [0.1, 0.15) is 43.9 Å². The number of ether oxygens (including phenoxy) is 1. The Labute approximate surface area is 150 Å². The third kappa shape index (κ3) is 3.27. The van der Waals surface area contributed by atoms with E-state index in [1.165, 1.54) is 29.5 Å². The highest BCUT2D eigenvalue weighted by atomic mass is 16.5. The van der Waals surface area contributed by atoms with Gasteiger partial charge in [0.15, 0.2) is 0 Å². The fourth-order valence-corrected chi connectivity index (χ4v) is 4.17. The third-order valence-electron chi connectivity index (χ3n) is 5.81. The molecule has 0 amide bonds. The molecule has 1 atom stereocenters. The number of likely N-dealkylation sites (N-methyl/N-ethyl adjacent to an activating group) is 1. The predicted octanol–water partition coefficient (Wildman–Crippen LogP) is 3.22. The van der Waals surface area contributed by atoms with Gasteiger partial charge in [0.05, 0.1) is 7.11 Å². The van der Waals surface area contributed by atoms with Gasteiger partial charge in [-0.3, -0.25) is 4.90 Å². The van der Waals surface area contributed by atoms with Crippen LogP contribution < -0.4 is 4.74 Å². The van der Waals surface area contributed by atoms with Crippen LogP contribution in [0.25, 0.3) is 10.9 Å². The van der Waals surface area contributed by atoms with E-state index < -0.39 is 0 Å². The molecule has 0 unspecified atom stereocenters. The molecule has 3 heterocycles. The lowest BCUT2D eigenvalue weighted by molar-refractivity contribution is 0.0563. The molecule has 1 aliphatic heterocycles. The van der Waals surface area contributed by atoms with Gasteiger partial charge >= 0.3 is 0 Å². The van der Waals surface area contributed by atoms with Crippen molar-refractivity contribution in [2.75, 3.05) is 33.8 Å². The van der Waals surface area contributed by atoms with E-state index in [2.05, 4.69) is 46.7 Å². The smallest absolute Gasteiger partial charge is 0.238 e. The molecule has 5 heteroatoms. The molecule has 2 aromatic rings. The van der Waals surface area contributed by atoms with Gasteiger partial charge in [0.1, 0.15) is 5.52 Å². The summed E-state index contributed by atoms with van der Waals surface area (Å²) >= 11 is 0. The number of rotatable bonds is 5. The minimum Gasteiger partial charge on any atom is -0.479 e. The van der Waals surface area contributed by atoms with Crippen LogP contribution >= 0.6 is 0 Å². The Hall–Kier alpha value is -1.59. The Bertz CT molecular complexity index is 749. The minimum atomic E-state index is 0.605.